The van der Waals surface area contributed by atoms with Crippen molar-refractivity contribution < 1.29 is 8.78 Å². The van der Waals surface area contributed by atoms with Gasteiger partial charge in [-0.3, -0.25) is 0 Å². The van der Waals surface area contributed by atoms with E-state index in [0.29, 0.717) is 10.9 Å². The molecular formula is C15H11BrF2S. The molecule has 19 heavy (non-hydrogen) atoms. The first-order valence-corrected chi connectivity index (χ1v) is 7.59. The van der Waals surface area contributed by atoms with Gasteiger partial charge in [-0.15, -0.1) is 0 Å². The largest absolute Gasteiger partial charge is 0.207 e. The number of alkyl halides is 1. The molecule has 0 heterocycles. The van der Waals surface area contributed by atoms with Gasteiger partial charge in [-0.2, -0.15) is 0 Å². The highest BCUT2D eigenvalue weighted by Gasteiger charge is 2.07. The summed E-state index contributed by atoms with van der Waals surface area (Å²) in [7, 11) is 0. The molecule has 0 atom stereocenters. The van der Waals surface area contributed by atoms with Crippen LogP contribution in [0.25, 0.3) is 6.08 Å². The lowest BCUT2D eigenvalue weighted by Gasteiger charge is -2.07. The van der Waals surface area contributed by atoms with Gasteiger partial charge < -0.3 is 0 Å². The Balaban J connectivity index is 2.31. The van der Waals surface area contributed by atoms with E-state index in [1.54, 1.807) is 24.3 Å². The Labute approximate surface area is 123 Å². The van der Waals surface area contributed by atoms with Crippen LogP contribution in [0.15, 0.2) is 58.3 Å². The van der Waals surface area contributed by atoms with Crippen molar-refractivity contribution >= 4 is 33.8 Å². The van der Waals surface area contributed by atoms with Gasteiger partial charge >= 0.3 is 0 Å². The highest BCUT2D eigenvalue weighted by molar-refractivity contribution is 9.09. The lowest BCUT2D eigenvalue weighted by molar-refractivity contribution is 0.621. The van der Waals surface area contributed by atoms with Gasteiger partial charge in [0.2, 0.25) is 0 Å². The molecule has 0 aliphatic rings. The van der Waals surface area contributed by atoms with E-state index in [1.807, 2.05) is 12.1 Å². The smallest absolute Gasteiger partial charge is 0.131 e. The highest BCUT2D eigenvalue weighted by atomic mass is 79.9. The molecule has 0 aliphatic heterocycles. The summed E-state index contributed by atoms with van der Waals surface area (Å²) < 4.78 is 26.7. The summed E-state index contributed by atoms with van der Waals surface area (Å²) in [6.45, 7) is 0. The molecule has 0 radical (unpaired) electrons. The second-order valence-corrected chi connectivity index (χ2v) is 5.53. The van der Waals surface area contributed by atoms with Crippen LogP contribution in [0.3, 0.4) is 0 Å². The molecule has 0 fully saturated rings. The minimum Gasteiger partial charge on any atom is -0.207 e. The number of hydrogen-bond donors (Lipinski definition) is 0. The van der Waals surface area contributed by atoms with E-state index >= 15 is 0 Å². The zero-order valence-corrected chi connectivity index (χ0v) is 12.3. The summed E-state index contributed by atoms with van der Waals surface area (Å²) >= 11 is 4.69. The van der Waals surface area contributed by atoms with Crippen LogP contribution in [0, 0.1) is 11.6 Å². The molecule has 0 aromatic heterocycles. The standard InChI is InChI=1S/C15H11BrF2S/c16-10-2-3-13-14(18)4-1-5-15(13)19-12-8-6-11(17)7-9-12/h1-9H,10H2/b3-2-. The minimum absolute atomic E-state index is 0.260. The summed E-state index contributed by atoms with van der Waals surface area (Å²) in [5.74, 6) is -0.535. The van der Waals surface area contributed by atoms with Crippen molar-refractivity contribution in [3.8, 4) is 0 Å². The molecular weight excluding hydrogens is 330 g/mol. The maximum Gasteiger partial charge on any atom is 0.131 e. The van der Waals surface area contributed by atoms with E-state index in [4.69, 9.17) is 0 Å². The second-order valence-electron chi connectivity index (χ2n) is 3.76. The average molecular weight is 341 g/mol. The highest BCUT2D eigenvalue weighted by Crippen LogP contribution is 2.32. The summed E-state index contributed by atoms with van der Waals surface area (Å²) in [5, 5.41) is 0.669. The molecule has 98 valence electrons. The van der Waals surface area contributed by atoms with Crippen molar-refractivity contribution in [3.63, 3.8) is 0 Å². The first-order valence-electron chi connectivity index (χ1n) is 5.65. The summed E-state index contributed by atoms with van der Waals surface area (Å²) in [4.78, 5) is 1.68. The Kier molecular flexibility index (Phi) is 5.16. The molecule has 4 heteroatoms. The van der Waals surface area contributed by atoms with E-state index in [0.717, 1.165) is 9.79 Å². The summed E-state index contributed by atoms with van der Waals surface area (Å²) in [6.07, 6.45) is 3.59. The van der Waals surface area contributed by atoms with Crippen molar-refractivity contribution in [2.75, 3.05) is 5.33 Å². The van der Waals surface area contributed by atoms with Crippen molar-refractivity contribution in [3.05, 3.63) is 65.7 Å². The Morgan fingerprint density at radius 3 is 2.47 bits per heavy atom. The van der Waals surface area contributed by atoms with Crippen molar-refractivity contribution in [2.24, 2.45) is 0 Å². The fraction of sp³-hybridized carbons (Fsp3) is 0.0667. The van der Waals surface area contributed by atoms with Crippen molar-refractivity contribution in [2.45, 2.75) is 9.79 Å². The Bertz CT molecular complexity index is 579. The average Bonchev–Trinajstić information content (AvgIpc) is 2.41. The molecule has 0 saturated carbocycles. The maximum atomic E-state index is 13.8. The number of benzene rings is 2. The summed E-state index contributed by atoms with van der Waals surface area (Å²) in [6, 6.07) is 11.1. The van der Waals surface area contributed by atoms with Crippen LogP contribution in [0.4, 0.5) is 8.78 Å². The molecule has 0 unspecified atom stereocenters. The molecule has 0 bridgehead atoms. The van der Waals surface area contributed by atoms with E-state index in [2.05, 4.69) is 15.9 Å². The number of halogens is 3. The molecule has 0 spiro atoms. The molecule has 0 N–H and O–H groups in total. The van der Waals surface area contributed by atoms with Crippen LogP contribution < -0.4 is 0 Å². The normalized spacial score (nSPS) is 11.1. The first kappa shape index (κ1) is 14.3. The molecule has 0 saturated heterocycles. The maximum absolute atomic E-state index is 13.8. The summed E-state index contributed by atoms with van der Waals surface area (Å²) in [5.41, 5.74) is 0.552. The van der Waals surface area contributed by atoms with E-state index in [9.17, 15) is 8.78 Å². The zero-order valence-electron chi connectivity index (χ0n) is 9.95. The van der Waals surface area contributed by atoms with Crippen LogP contribution in [-0.2, 0) is 0 Å². The first-order chi connectivity index (χ1) is 9.20. The Morgan fingerprint density at radius 1 is 1.05 bits per heavy atom. The molecule has 0 aliphatic carbocycles. The topological polar surface area (TPSA) is 0 Å². The van der Waals surface area contributed by atoms with Crippen LogP contribution in [-0.4, -0.2) is 5.33 Å². The number of allylic oxidation sites excluding steroid dienone is 1. The quantitative estimate of drug-likeness (QED) is 0.660. The minimum atomic E-state index is -0.275. The van der Waals surface area contributed by atoms with Crippen molar-refractivity contribution in [1.29, 1.82) is 0 Å². The monoisotopic (exact) mass is 340 g/mol. The van der Waals surface area contributed by atoms with E-state index in [1.165, 1.54) is 30.0 Å². The van der Waals surface area contributed by atoms with Crippen molar-refractivity contribution in [1.82, 2.24) is 0 Å². The van der Waals surface area contributed by atoms with E-state index in [-0.39, 0.29) is 11.6 Å². The SMILES string of the molecule is Fc1ccc(Sc2cccc(F)c2/C=C\CBr)cc1. The lowest BCUT2D eigenvalue weighted by atomic mass is 10.2. The fourth-order valence-corrected chi connectivity index (χ4v) is 2.70. The fourth-order valence-electron chi connectivity index (χ4n) is 1.56. The van der Waals surface area contributed by atoms with Gasteiger partial charge in [0.25, 0.3) is 0 Å². The van der Waals surface area contributed by atoms with Crippen LogP contribution in [0.2, 0.25) is 0 Å². The van der Waals surface area contributed by atoms with Gasteiger partial charge in [-0.05, 0) is 36.4 Å². The second kappa shape index (κ2) is 6.87. The third-order valence-corrected chi connectivity index (χ3v) is 3.89. The van der Waals surface area contributed by atoms with Crippen LogP contribution >= 0.6 is 27.7 Å². The van der Waals surface area contributed by atoms with Gasteiger partial charge in [0.15, 0.2) is 0 Å². The molecule has 0 nitrogen and oxygen atoms in total. The zero-order chi connectivity index (χ0) is 13.7. The number of hydrogen-bond acceptors (Lipinski definition) is 1. The van der Waals surface area contributed by atoms with Gasteiger partial charge in [-0.25, -0.2) is 8.78 Å². The van der Waals surface area contributed by atoms with Gasteiger partial charge in [0.05, 0.1) is 0 Å². The van der Waals surface area contributed by atoms with E-state index < -0.39 is 0 Å². The van der Waals surface area contributed by atoms with Gasteiger partial charge in [-0.1, -0.05) is 45.9 Å². The number of rotatable bonds is 4. The molecule has 2 rings (SSSR count). The van der Waals surface area contributed by atoms with Crippen LogP contribution in [0.1, 0.15) is 5.56 Å². The Hall–Kier alpha value is -1.13. The molecule has 2 aromatic rings. The Morgan fingerprint density at radius 2 is 1.79 bits per heavy atom. The predicted molar refractivity (Wildman–Crippen MR) is 79.8 cm³/mol. The van der Waals surface area contributed by atoms with Gasteiger partial charge in [0.1, 0.15) is 11.6 Å². The third kappa shape index (κ3) is 3.91. The third-order valence-electron chi connectivity index (χ3n) is 2.43. The predicted octanol–water partition coefficient (Wildman–Crippen LogP) is 5.52. The van der Waals surface area contributed by atoms with Crippen LogP contribution in [0.5, 0.6) is 0 Å². The lowest BCUT2D eigenvalue weighted by Crippen LogP contribution is -1.86. The molecule has 0 amide bonds. The molecule has 2 aromatic carbocycles. The van der Waals surface area contributed by atoms with Gasteiger partial charge in [0, 0.05) is 20.7 Å².